The van der Waals surface area contributed by atoms with E-state index in [4.69, 9.17) is 9.47 Å². The van der Waals surface area contributed by atoms with E-state index in [-0.39, 0.29) is 11.9 Å². The van der Waals surface area contributed by atoms with Crippen molar-refractivity contribution in [3.05, 3.63) is 54.1 Å². The van der Waals surface area contributed by atoms with Gasteiger partial charge in [-0.3, -0.25) is 14.6 Å². The van der Waals surface area contributed by atoms with Crippen LogP contribution in [0.5, 0.6) is 11.5 Å². The number of nitrogens with zero attached hydrogens (tertiary/aromatic N) is 3. The first kappa shape index (κ1) is 20.7. The molecule has 1 amide bonds. The summed E-state index contributed by atoms with van der Waals surface area (Å²) in [7, 11) is 1.66. The van der Waals surface area contributed by atoms with E-state index in [1.54, 1.807) is 7.11 Å². The Kier molecular flexibility index (Phi) is 6.55. The topological polar surface area (TPSA) is 45.3 Å². The van der Waals surface area contributed by atoms with Gasteiger partial charge in [0.25, 0.3) is 0 Å². The molecular formula is C24H31N3O3. The summed E-state index contributed by atoms with van der Waals surface area (Å²) in [6, 6.07) is 15.8. The Hall–Kier alpha value is -2.57. The smallest absolute Gasteiger partial charge is 0.244 e. The van der Waals surface area contributed by atoms with E-state index < -0.39 is 0 Å². The molecule has 30 heavy (non-hydrogen) atoms. The van der Waals surface area contributed by atoms with Gasteiger partial charge >= 0.3 is 0 Å². The second-order valence-corrected chi connectivity index (χ2v) is 7.95. The molecule has 2 heterocycles. The molecular weight excluding hydrogens is 378 g/mol. The molecule has 4 rings (SSSR count). The molecule has 2 aliphatic rings. The lowest BCUT2D eigenvalue weighted by atomic mass is 10.1. The van der Waals surface area contributed by atoms with Crippen molar-refractivity contribution in [2.45, 2.75) is 19.4 Å². The van der Waals surface area contributed by atoms with Crippen molar-refractivity contribution >= 4 is 11.6 Å². The van der Waals surface area contributed by atoms with E-state index in [2.05, 4.69) is 21.9 Å². The number of para-hydroxylation sites is 1. The first-order valence-electron chi connectivity index (χ1n) is 10.8. The highest BCUT2D eigenvalue weighted by Gasteiger charge is 2.32. The minimum absolute atomic E-state index is 0.0890. The Balaban J connectivity index is 1.21. The maximum absolute atomic E-state index is 13.1. The summed E-state index contributed by atoms with van der Waals surface area (Å²) in [6.45, 7) is 8.13. The van der Waals surface area contributed by atoms with Crippen LogP contribution in [0.15, 0.2) is 48.5 Å². The highest BCUT2D eigenvalue weighted by molar-refractivity contribution is 5.98. The van der Waals surface area contributed by atoms with E-state index in [9.17, 15) is 4.79 Å². The van der Waals surface area contributed by atoms with Crippen LogP contribution in [0.25, 0.3) is 0 Å². The van der Waals surface area contributed by atoms with Gasteiger partial charge in [-0.25, -0.2) is 0 Å². The van der Waals surface area contributed by atoms with Crippen molar-refractivity contribution in [3.63, 3.8) is 0 Å². The average molecular weight is 410 g/mol. The van der Waals surface area contributed by atoms with Crippen molar-refractivity contribution < 1.29 is 14.3 Å². The number of hydrogen-bond donors (Lipinski definition) is 0. The number of fused-ring (bicyclic) bond motifs is 1. The molecule has 2 aromatic rings. The number of methoxy groups -OCH3 is 1. The molecule has 0 spiro atoms. The van der Waals surface area contributed by atoms with Crippen molar-refractivity contribution in [2.75, 3.05) is 57.9 Å². The number of benzene rings is 2. The summed E-state index contributed by atoms with van der Waals surface area (Å²) in [5, 5.41) is 0. The molecule has 1 saturated heterocycles. The Bertz CT molecular complexity index is 847. The molecule has 160 valence electrons. The molecule has 0 unspecified atom stereocenters. The minimum Gasteiger partial charge on any atom is -0.497 e. The minimum atomic E-state index is -0.0890. The second-order valence-electron chi connectivity index (χ2n) is 7.95. The van der Waals surface area contributed by atoms with Gasteiger partial charge in [-0.05, 0) is 49.2 Å². The summed E-state index contributed by atoms with van der Waals surface area (Å²) in [6.07, 6.45) is 0.955. The van der Waals surface area contributed by atoms with E-state index in [0.717, 1.165) is 62.9 Å². The Labute approximate surface area is 179 Å². The van der Waals surface area contributed by atoms with Gasteiger partial charge in [0.15, 0.2) is 0 Å². The van der Waals surface area contributed by atoms with E-state index in [1.807, 2.05) is 48.2 Å². The molecule has 0 aromatic heterocycles. The molecule has 0 saturated carbocycles. The summed E-state index contributed by atoms with van der Waals surface area (Å²) < 4.78 is 11.0. The van der Waals surface area contributed by atoms with Crippen molar-refractivity contribution in [3.8, 4) is 11.5 Å². The maximum atomic E-state index is 13.1. The molecule has 6 heteroatoms. The summed E-state index contributed by atoms with van der Waals surface area (Å²) in [5.41, 5.74) is 2.36. The zero-order chi connectivity index (χ0) is 20.9. The molecule has 1 atom stereocenters. The van der Waals surface area contributed by atoms with Crippen LogP contribution in [0.1, 0.15) is 12.5 Å². The summed E-state index contributed by atoms with van der Waals surface area (Å²) >= 11 is 0. The number of carbonyl (C=O) groups excluding carboxylic acids is 1. The maximum Gasteiger partial charge on any atom is 0.244 e. The molecule has 0 aliphatic carbocycles. The van der Waals surface area contributed by atoms with Gasteiger partial charge in [-0.15, -0.1) is 0 Å². The lowest BCUT2D eigenvalue weighted by Gasteiger charge is -2.38. The third kappa shape index (κ3) is 4.60. The van der Waals surface area contributed by atoms with Gasteiger partial charge in [0.05, 0.1) is 13.2 Å². The summed E-state index contributed by atoms with van der Waals surface area (Å²) in [5.74, 6) is 1.91. The first-order chi connectivity index (χ1) is 14.7. The first-order valence-corrected chi connectivity index (χ1v) is 10.8. The number of anilines is 1. The van der Waals surface area contributed by atoms with Crippen LogP contribution < -0.4 is 14.4 Å². The van der Waals surface area contributed by atoms with Gasteiger partial charge in [0.2, 0.25) is 5.91 Å². The second kappa shape index (κ2) is 9.49. The lowest BCUT2D eigenvalue weighted by Crippen LogP contribution is -2.54. The number of piperazine rings is 1. The van der Waals surface area contributed by atoms with Gasteiger partial charge in [0, 0.05) is 45.0 Å². The van der Waals surface area contributed by atoms with Crippen LogP contribution in [0.3, 0.4) is 0 Å². The highest BCUT2D eigenvalue weighted by atomic mass is 16.5. The SMILES string of the molecule is COc1ccc(OCCN2CCN([C@@H](C)C(=O)N3CCc4ccccc43)CC2)cc1. The molecule has 2 aromatic carbocycles. The Morgan fingerprint density at radius 1 is 0.967 bits per heavy atom. The molecule has 1 fully saturated rings. The van der Waals surface area contributed by atoms with Crippen molar-refractivity contribution in [2.24, 2.45) is 0 Å². The Morgan fingerprint density at radius 2 is 1.67 bits per heavy atom. The normalized spacial score (nSPS) is 18.1. The standard InChI is InChI=1S/C24H31N3O3/c1-19(24(28)27-12-11-20-5-3-4-6-23(20)27)26-15-13-25(14-16-26)17-18-30-22-9-7-21(29-2)8-10-22/h3-10,19H,11-18H2,1-2H3/t19-/m0/s1. The van der Waals surface area contributed by atoms with Crippen molar-refractivity contribution in [1.82, 2.24) is 9.80 Å². The molecule has 6 nitrogen and oxygen atoms in total. The number of ether oxygens (including phenoxy) is 2. The monoisotopic (exact) mass is 409 g/mol. The van der Waals surface area contributed by atoms with Gasteiger partial charge in [0.1, 0.15) is 18.1 Å². The Morgan fingerprint density at radius 3 is 2.40 bits per heavy atom. The fourth-order valence-electron chi connectivity index (χ4n) is 4.29. The molecule has 0 N–H and O–H groups in total. The predicted molar refractivity (Wildman–Crippen MR) is 118 cm³/mol. The van der Waals surface area contributed by atoms with Gasteiger partial charge < -0.3 is 14.4 Å². The third-order valence-corrected chi connectivity index (χ3v) is 6.20. The average Bonchev–Trinajstić information content (AvgIpc) is 3.23. The van der Waals surface area contributed by atoms with Gasteiger partial charge in [-0.1, -0.05) is 18.2 Å². The molecule has 2 aliphatic heterocycles. The number of carbonyl (C=O) groups is 1. The quantitative estimate of drug-likeness (QED) is 0.704. The summed E-state index contributed by atoms with van der Waals surface area (Å²) in [4.78, 5) is 19.8. The van der Waals surface area contributed by atoms with Gasteiger partial charge in [-0.2, -0.15) is 0 Å². The third-order valence-electron chi connectivity index (χ3n) is 6.20. The van der Waals surface area contributed by atoms with Crippen molar-refractivity contribution in [1.29, 1.82) is 0 Å². The van der Waals surface area contributed by atoms with Crippen LogP contribution in [-0.4, -0.2) is 74.7 Å². The lowest BCUT2D eigenvalue weighted by molar-refractivity contribution is -0.123. The zero-order valence-corrected chi connectivity index (χ0v) is 17.9. The van der Waals surface area contributed by atoms with Crippen LogP contribution in [0, 0.1) is 0 Å². The van der Waals surface area contributed by atoms with E-state index in [1.165, 1.54) is 5.56 Å². The van der Waals surface area contributed by atoms with E-state index in [0.29, 0.717) is 6.61 Å². The fourth-order valence-corrected chi connectivity index (χ4v) is 4.29. The van der Waals surface area contributed by atoms with Crippen LogP contribution in [0.2, 0.25) is 0 Å². The number of rotatable bonds is 7. The fraction of sp³-hybridized carbons (Fsp3) is 0.458. The van der Waals surface area contributed by atoms with Crippen LogP contribution in [-0.2, 0) is 11.2 Å². The number of amides is 1. The van der Waals surface area contributed by atoms with Crippen LogP contribution in [0.4, 0.5) is 5.69 Å². The largest absolute Gasteiger partial charge is 0.497 e. The van der Waals surface area contributed by atoms with Crippen LogP contribution >= 0.6 is 0 Å². The molecule has 0 bridgehead atoms. The zero-order valence-electron chi connectivity index (χ0n) is 17.9. The highest BCUT2D eigenvalue weighted by Crippen LogP contribution is 2.28. The number of hydrogen-bond acceptors (Lipinski definition) is 5. The molecule has 0 radical (unpaired) electrons. The van der Waals surface area contributed by atoms with E-state index >= 15 is 0 Å². The predicted octanol–water partition coefficient (Wildman–Crippen LogP) is 2.67.